The smallest absolute Gasteiger partial charge is 0.336 e. The molecule has 0 spiro atoms. The van der Waals surface area contributed by atoms with Crippen molar-refractivity contribution in [3.05, 3.63) is 99.0 Å². The van der Waals surface area contributed by atoms with Gasteiger partial charge in [-0.25, -0.2) is 9.78 Å². The number of fused-ring (bicyclic) bond motifs is 1. The molecule has 5 heteroatoms. The standard InChI is InChI=1S/C29H30N2O3/c1-4-9-27-30-25-16-20(5-2)28(32)21(6-3)17-26(25)31(27)18-19-12-14-22(15-13-19)23-10-7-8-11-24(23)29(33)34/h7-8,10-17H,4-6,9,18H2,1-3H3,(H,33,34). The number of rotatable bonds is 8. The van der Waals surface area contributed by atoms with E-state index in [2.05, 4.69) is 11.5 Å². The zero-order chi connectivity index (χ0) is 24.2. The van der Waals surface area contributed by atoms with Crippen LogP contribution in [0.1, 0.15) is 60.1 Å². The molecule has 0 radical (unpaired) electrons. The molecule has 4 aromatic rings. The number of aryl methyl sites for hydroxylation is 3. The maximum absolute atomic E-state index is 12.9. The van der Waals surface area contributed by atoms with Crippen LogP contribution in [0, 0.1) is 0 Å². The van der Waals surface area contributed by atoms with Crippen molar-refractivity contribution in [2.75, 3.05) is 0 Å². The Hall–Kier alpha value is -3.73. The zero-order valence-electron chi connectivity index (χ0n) is 20.0. The Bertz CT molecular complexity index is 1400. The molecule has 0 aliphatic carbocycles. The minimum absolute atomic E-state index is 0.119. The molecule has 0 saturated heterocycles. The lowest BCUT2D eigenvalue weighted by atomic mass is 9.99. The maximum Gasteiger partial charge on any atom is 0.336 e. The third-order valence-electron chi connectivity index (χ3n) is 6.32. The van der Waals surface area contributed by atoms with Crippen LogP contribution in [0.15, 0.2) is 65.5 Å². The highest BCUT2D eigenvalue weighted by molar-refractivity contribution is 5.96. The molecule has 1 N–H and O–H groups in total. The van der Waals surface area contributed by atoms with Crippen molar-refractivity contribution < 1.29 is 9.90 Å². The normalized spacial score (nSPS) is 11.1. The molecule has 0 unspecified atom stereocenters. The number of aromatic nitrogens is 2. The average molecular weight is 455 g/mol. The van der Waals surface area contributed by atoms with E-state index in [9.17, 15) is 14.7 Å². The highest BCUT2D eigenvalue weighted by Crippen LogP contribution is 2.25. The minimum Gasteiger partial charge on any atom is -0.478 e. The Morgan fingerprint density at radius 2 is 1.62 bits per heavy atom. The van der Waals surface area contributed by atoms with Crippen molar-refractivity contribution in [3.63, 3.8) is 0 Å². The quantitative estimate of drug-likeness (QED) is 0.360. The fourth-order valence-electron chi connectivity index (χ4n) is 4.47. The van der Waals surface area contributed by atoms with E-state index in [1.54, 1.807) is 12.1 Å². The number of nitrogens with zero attached hydrogens (tertiary/aromatic N) is 2. The van der Waals surface area contributed by atoms with Gasteiger partial charge in [0.15, 0.2) is 5.43 Å². The lowest BCUT2D eigenvalue weighted by Gasteiger charge is -2.11. The second-order valence-electron chi connectivity index (χ2n) is 8.56. The van der Waals surface area contributed by atoms with Gasteiger partial charge in [-0.05, 0) is 54.2 Å². The van der Waals surface area contributed by atoms with Gasteiger partial charge in [0.2, 0.25) is 0 Å². The first-order valence-electron chi connectivity index (χ1n) is 11.9. The number of imidazole rings is 1. The van der Waals surface area contributed by atoms with Crippen molar-refractivity contribution in [3.8, 4) is 11.1 Å². The monoisotopic (exact) mass is 454 g/mol. The number of hydrogen-bond donors (Lipinski definition) is 1. The summed E-state index contributed by atoms with van der Waals surface area (Å²) < 4.78 is 2.22. The van der Waals surface area contributed by atoms with Gasteiger partial charge in [-0.3, -0.25) is 4.79 Å². The van der Waals surface area contributed by atoms with Crippen LogP contribution in [-0.4, -0.2) is 20.6 Å². The Kier molecular flexibility index (Phi) is 6.92. The van der Waals surface area contributed by atoms with E-state index in [1.165, 1.54) is 0 Å². The summed E-state index contributed by atoms with van der Waals surface area (Å²) in [5.74, 6) is 0.0816. The molecule has 34 heavy (non-hydrogen) atoms. The van der Waals surface area contributed by atoms with Crippen LogP contribution in [-0.2, 0) is 25.8 Å². The molecule has 0 fully saturated rings. The summed E-state index contributed by atoms with van der Waals surface area (Å²) in [7, 11) is 0. The molecule has 0 atom stereocenters. The molecular weight excluding hydrogens is 424 g/mol. The fourth-order valence-corrected chi connectivity index (χ4v) is 4.47. The number of carboxylic acid groups (broad SMARTS) is 1. The molecular formula is C29H30N2O3. The molecule has 1 aromatic heterocycles. The summed E-state index contributed by atoms with van der Waals surface area (Å²) in [6, 6.07) is 19.0. The second kappa shape index (κ2) is 10.0. The van der Waals surface area contributed by atoms with Crippen LogP contribution in [0.3, 0.4) is 0 Å². The van der Waals surface area contributed by atoms with E-state index in [0.717, 1.165) is 52.0 Å². The van der Waals surface area contributed by atoms with E-state index in [0.29, 0.717) is 30.5 Å². The van der Waals surface area contributed by atoms with Gasteiger partial charge in [-0.1, -0.05) is 63.2 Å². The third kappa shape index (κ3) is 4.51. The summed E-state index contributed by atoms with van der Waals surface area (Å²) in [5.41, 5.74) is 6.55. The van der Waals surface area contributed by atoms with E-state index in [1.807, 2.05) is 62.4 Å². The molecule has 0 aliphatic heterocycles. The summed E-state index contributed by atoms with van der Waals surface area (Å²) in [6.07, 6.45) is 3.20. The first kappa shape index (κ1) is 23.4. The topological polar surface area (TPSA) is 72.2 Å². The van der Waals surface area contributed by atoms with Crippen molar-refractivity contribution >= 4 is 17.0 Å². The van der Waals surface area contributed by atoms with E-state index >= 15 is 0 Å². The lowest BCUT2D eigenvalue weighted by molar-refractivity contribution is 0.0697. The largest absolute Gasteiger partial charge is 0.478 e. The molecule has 174 valence electrons. The third-order valence-corrected chi connectivity index (χ3v) is 6.32. The molecule has 1 heterocycles. The predicted molar refractivity (Wildman–Crippen MR) is 137 cm³/mol. The Balaban J connectivity index is 1.78. The minimum atomic E-state index is -0.933. The average Bonchev–Trinajstić information content (AvgIpc) is 3.08. The first-order chi connectivity index (χ1) is 16.5. The Morgan fingerprint density at radius 3 is 2.26 bits per heavy atom. The number of carbonyl (C=O) groups is 1. The van der Waals surface area contributed by atoms with Crippen molar-refractivity contribution in [2.45, 2.75) is 53.0 Å². The van der Waals surface area contributed by atoms with Gasteiger partial charge in [-0.2, -0.15) is 0 Å². The van der Waals surface area contributed by atoms with Gasteiger partial charge in [0.25, 0.3) is 0 Å². The van der Waals surface area contributed by atoms with Crippen molar-refractivity contribution in [1.82, 2.24) is 9.55 Å². The fraction of sp³-hybridized carbons (Fsp3) is 0.276. The maximum atomic E-state index is 12.9. The summed E-state index contributed by atoms with van der Waals surface area (Å²) in [6.45, 7) is 6.80. The molecule has 5 nitrogen and oxygen atoms in total. The van der Waals surface area contributed by atoms with Crippen LogP contribution >= 0.6 is 0 Å². The van der Waals surface area contributed by atoms with Gasteiger partial charge in [0, 0.05) is 24.1 Å². The summed E-state index contributed by atoms with van der Waals surface area (Å²) in [5, 5.41) is 9.52. The lowest BCUT2D eigenvalue weighted by Crippen LogP contribution is -2.10. The Labute approximate surface area is 199 Å². The first-order valence-corrected chi connectivity index (χ1v) is 11.9. The Morgan fingerprint density at radius 1 is 0.941 bits per heavy atom. The summed E-state index contributed by atoms with van der Waals surface area (Å²) in [4.78, 5) is 29.4. The second-order valence-corrected chi connectivity index (χ2v) is 8.56. The van der Waals surface area contributed by atoms with Gasteiger partial charge >= 0.3 is 5.97 Å². The molecule has 0 saturated carbocycles. The van der Waals surface area contributed by atoms with Gasteiger partial charge < -0.3 is 9.67 Å². The van der Waals surface area contributed by atoms with E-state index in [4.69, 9.17) is 4.98 Å². The number of aromatic carboxylic acids is 1. The van der Waals surface area contributed by atoms with Gasteiger partial charge in [0.05, 0.1) is 16.6 Å². The molecule has 0 amide bonds. The van der Waals surface area contributed by atoms with E-state index in [-0.39, 0.29) is 5.43 Å². The highest BCUT2D eigenvalue weighted by atomic mass is 16.4. The molecule has 0 bridgehead atoms. The van der Waals surface area contributed by atoms with Crippen molar-refractivity contribution in [2.24, 2.45) is 0 Å². The number of hydrogen-bond acceptors (Lipinski definition) is 3. The van der Waals surface area contributed by atoms with Crippen LogP contribution < -0.4 is 5.43 Å². The van der Waals surface area contributed by atoms with Gasteiger partial charge in [-0.15, -0.1) is 0 Å². The van der Waals surface area contributed by atoms with Crippen LogP contribution in [0.25, 0.3) is 22.2 Å². The van der Waals surface area contributed by atoms with Gasteiger partial charge in [0.1, 0.15) is 5.82 Å². The number of benzene rings is 2. The molecule has 3 aromatic carbocycles. The van der Waals surface area contributed by atoms with E-state index < -0.39 is 5.97 Å². The zero-order valence-corrected chi connectivity index (χ0v) is 20.0. The summed E-state index contributed by atoms with van der Waals surface area (Å²) >= 11 is 0. The molecule has 4 rings (SSSR count). The number of carboxylic acids is 1. The van der Waals surface area contributed by atoms with Crippen molar-refractivity contribution in [1.29, 1.82) is 0 Å². The SMILES string of the molecule is CCCc1nc2cc(CC)c(=O)c(CC)cc2n1Cc1ccc(-c2ccccc2C(=O)O)cc1. The van der Waals surface area contributed by atoms with Crippen LogP contribution in [0.5, 0.6) is 0 Å². The van der Waals surface area contributed by atoms with Crippen LogP contribution in [0.2, 0.25) is 0 Å². The molecule has 0 aliphatic rings. The predicted octanol–water partition coefficient (Wildman–Crippen LogP) is 5.89. The highest BCUT2D eigenvalue weighted by Gasteiger charge is 2.15. The van der Waals surface area contributed by atoms with Crippen LogP contribution in [0.4, 0.5) is 0 Å².